The first kappa shape index (κ1) is 12.6. The quantitative estimate of drug-likeness (QED) is 0.817. The van der Waals surface area contributed by atoms with Gasteiger partial charge in [0.15, 0.2) is 0 Å². The topological polar surface area (TPSA) is 85.8 Å². The Labute approximate surface area is 116 Å². The number of aromatic nitrogens is 3. The van der Waals surface area contributed by atoms with Gasteiger partial charge in [-0.15, -0.1) is 0 Å². The zero-order valence-electron chi connectivity index (χ0n) is 10.8. The van der Waals surface area contributed by atoms with Crippen LogP contribution < -0.4 is 11.1 Å². The molecule has 0 saturated heterocycles. The molecule has 6 nitrogen and oxygen atoms in total. The third-order valence-corrected chi connectivity index (χ3v) is 3.24. The zero-order valence-corrected chi connectivity index (χ0v) is 10.8. The molecule has 2 atom stereocenters. The SMILES string of the molecule is NC1C=CC(C(=O)Nc2ccc(-n3nccn3)cc2)C1. The average Bonchev–Trinajstić information content (AvgIpc) is 3.10. The molecule has 0 saturated carbocycles. The lowest BCUT2D eigenvalue weighted by Crippen LogP contribution is -2.23. The molecule has 3 rings (SSSR count). The molecule has 1 amide bonds. The van der Waals surface area contributed by atoms with Crippen molar-refractivity contribution in [3.8, 4) is 5.69 Å². The molecule has 0 bridgehead atoms. The maximum absolute atomic E-state index is 12.0. The van der Waals surface area contributed by atoms with E-state index in [0.29, 0.717) is 6.42 Å². The highest BCUT2D eigenvalue weighted by Crippen LogP contribution is 2.19. The van der Waals surface area contributed by atoms with Gasteiger partial charge < -0.3 is 11.1 Å². The van der Waals surface area contributed by atoms with E-state index in [-0.39, 0.29) is 17.9 Å². The minimum absolute atomic E-state index is 0.0148. The monoisotopic (exact) mass is 269 g/mol. The van der Waals surface area contributed by atoms with Crippen LogP contribution in [0.2, 0.25) is 0 Å². The minimum Gasteiger partial charge on any atom is -0.326 e. The van der Waals surface area contributed by atoms with Crippen LogP contribution in [0.3, 0.4) is 0 Å². The smallest absolute Gasteiger partial charge is 0.231 e. The third-order valence-electron chi connectivity index (χ3n) is 3.24. The van der Waals surface area contributed by atoms with Crippen LogP contribution in [0.25, 0.3) is 5.69 Å². The number of carbonyl (C=O) groups excluding carboxylic acids is 1. The minimum atomic E-state index is -0.141. The fourth-order valence-electron chi connectivity index (χ4n) is 2.18. The van der Waals surface area contributed by atoms with Crippen LogP contribution >= 0.6 is 0 Å². The Balaban J connectivity index is 1.66. The molecule has 1 aliphatic carbocycles. The van der Waals surface area contributed by atoms with Crippen molar-refractivity contribution in [3.63, 3.8) is 0 Å². The second-order valence-electron chi connectivity index (χ2n) is 4.75. The Morgan fingerprint density at radius 3 is 2.50 bits per heavy atom. The van der Waals surface area contributed by atoms with Gasteiger partial charge in [-0.25, -0.2) is 0 Å². The number of hydrogen-bond donors (Lipinski definition) is 2. The van der Waals surface area contributed by atoms with Gasteiger partial charge in [0.25, 0.3) is 0 Å². The lowest BCUT2D eigenvalue weighted by Gasteiger charge is -2.10. The number of nitrogens with one attached hydrogen (secondary N) is 1. The van der Waals surface area contributed by atoms with E-state index in [4.69, 9.17) is 5.73 Å². The fraction of sp³-hybridized carbons (Fsp3) is 0.214. The van der Waals surface area contributed by atoms with E-state index in [1.807, 2.05) is 36.4 Å². The van der Waals surface area contributed by atoms with Crippen LogP contribution in [-0.2, 0) is 4.79 Å². The lowest BCUT2D eigenvalue weighted by atomic mass is 10.1. The van der Waals surface area contributed by atoms with Crippen LogP contribution in [-0.4, -0.2) is 26.9 Å². The molecule has 2 unspecified atom stereocenters. The Hall–Kier alpha value is -2.47. The van der Waals surface area contributed by atoms with E-state index in [1.165, 1.54) is 4.80 Å². The van der Waals surface area contributed by atoms with E-state index in [2.05, 4.69) is 15.5 Å². The fourth-order valence-corrected chi connectivity index (χ4v) is 2.18. The number of hydrogen-bond acceptors (Lipinski definition) is 4. The van der Waals surface area contributed by atoms with E-state index in [1.54, 1.807) is 12.4 Å². The molecule has 0 spiro atoms. The van der Waals surface area contributed by atoms with Gasteiger partial charge in [-0.2, -0.15) is 15.0 Å². The molecule has 102 valence electrons. The Morgan fingerprint density at radius 2 is 1.90 bits per heavy atom. The summed E-state index contributed by atoms with van der Waals surface area (Å²) < 4.78 is 0. The largest absolute Gasteiger partial charge is 0.326 e. The van der Waals surface area contributed by atoms with Gasteiger partial charge >= 0.3 is 0 Å². The summed E-state index contributed by atoms with van der Waals surface area (Å²) in [7, 11) is 0. The number of carbonyl (C=O) groups is 1. The van der Waals surface area contributed by atoms with Crippen LogP contribution in [0.15, 0.2) is 48.8 Å². The van der Waals surface area contributed by atoms with Gasteiger partial charge in [0.1, 0.15) is 0 Å². The van der Waals surface area contributed by atoms with Gasteiger partial charge in [-0.3, -0.25) is 4.79 Å². The molecule has 1 aliphatic rings. The molecular formula is C14H15N5O. The highest BCUT2D eigenvalue weighted by Gasteiger charge is 2.22. The van der Waals surface area contributed by atoms with Crippen molar-refractivity contribution < 1.29 is 4.79 Å². The first-order chi connectivity index (χ1) is 9.72. The maximum Gasteiger partial charge on any atom is 0.231 e. The molecule has 1 aromatic heterocycles. The van der Waals surface area contributed by atoms with E-state index < -0.39 is 0 Å². The van der Waals surface area contributed by atoms with Crippen LogP contribution in [0.1, 0.15) is 6.42 Å². The molecule has 0 aliphatic heterocycles. The van der Waals surface area contributed by atoms with Crippen molar-refractivity contribution in [3.05, 3.63) is 48.8 Å². The third kappa shape index (κ3) is 2.60. The summed E-state index contributed by atoms with van der Waals surface area (Å²) in [6.07, 6.45) is 7.64. The summed E-state index contributed by atoms with van der Waals surface area (Å²) in [5, 5.41) is 11.0. The van der Waals surface area contributed by atoms with Gasteiger partial charge in [0, 0.05) is 11.7 Å². The van der Waals surface area contributed by atoms with Gasteiger partial charge in [-0.1, -0.05) is 12.2 Å². The number of anilines is 1. The Bertz CT molecular complexity index is 618. The highest BCUT2D eigenvalue weighted by molar-refractivity contribution is 5.94. The summed E-state index contributed by atoms with van der Waals surface area (Å²) in [6, 6.07) is 7.35. The van der Waals surface area contributed by atoms with Crippen molar-refractivity contribution in [2.45, 2.75) is 12.5 Å². The van der Waals surface area contributed by atoms with Crippen molar-refractivity contribution in [2.75, 3.05) is 5.32 Å². The highest BCUT2D eigenvalue weighted by atomic mass is 16.1. The zero-order chi connectivity index (χ0) is 13.9. The number of amides is 1. The van der Waals surface area contributed by atoms with Gasteiger partial charge in [-0.05, 0) is 30.7 Å². The average molecular weight is 269 g/mol. The first-order valence-corrected chi connectivity index (χ1v) is 6.44. The molecule has 3 N–H and O–H groups in total. The van der Waals surface area contributed by atoms with E-state index in [0.717, 1.165) is 11.4 Å². The maximum atomic E-state index is 12.0. The van der Waals surface area contributed by atoms with Crippen molar-refractivity contribution in [1.29, 1.82) is 0 Å². The molecule has 1 heterocycles. The predicted octanol–water partition coefficient (Wildman–Crippen LogP) is 1.11. The predicted molar refractivity (Wildman–Crippen MR) is 75.2 cm³/mol. The summed E-state index contributed by atoms with van der Waals surface area (Å²) in [5.74, 6) is -0.170. The molecule has 0 fully saturated rings. The van der Waals surface area contributed by atoms with Gasteiger partial charge in [0.2, 0.25) is 5.91 Å². The summed E-state index contributed by atoms with van der Waals surface area (Å²) >= 11 is 0. The summed E-state index contributed by atoms with van der Waals surface area (Å²) in [4.78, 5) is 13.5. The number of nitrogens with two attached hydrogens (primary N) is 1. The molecule has 6 heteroatoms. The second kappa shape index (κ2) is 5.26. The summed E-state index contributed by atoms with van der Waals surface area (Å²) in [6.45, 7) is 0. The summed E-state index contributed by atoms with van der Waals surface area (Å²) in [5.41, 5.74) is 7.34. The van der Waals surface area contributed by atoms with Crippen LogP contribution in [0.5, 0.6) is 0 Å². The number of nitrogens with zero attached hydrogens (tertiary/aromatic N) is 3. The first-order valence-electron chi connectivity index (χ1n) is 6.44. The van der Waals surface area contributed by atoms with E-state index >= 15 is 0 Å². The number of benzene rings is 1. The Kier molecular flexibility index (Phi) is 3.30. The molecular weight excluding hydrogens is 254 g/mol. The van der Waals surface area contributed by atoms with E-state index in [9.17, 15) is 4.79 Å². The van der Waals surface area contributed by atoms with Gasteiger partial charge in [0.05, 0.1) is 24.0 Å². The van der Waals surface area contributed by atoms with Crippen molar-refractivity contribution in [2.24, 2.45) is 11.7 Å². The number of rotatable bonds is 3. The normalized spacial score (nSPS) is 21.1. The van der Waals surface area contributed by atoms with Crippen LogP contribution in [0, 0.1) is 5.92 Å². The molecule has 1 aromatic carbocycles. The molecule has 2 aromatic rings. The lowest BCUT2D eigenvalue weighted by molar-refractivity contribution is -0.118. The molecule has 20 heavy (non-hydrogen) atoms. The van der Waals surface area contributed by atoms with Crippen molar-refractivity contribution >= 4 is 11.6 Å². The molecule has 0 radical (unpaired) electrons. The van der Waals surface area contributed by atoms with Crippen molar-refractivity contribution in [1.82, 2.24) is 15.0 Å². The van der Waals surface area contributed by atoms with Crippen LogP contribution in [0.4, 0.5) is 5.69 Å². The second-order valence-corrected chi connectivity index (χ2v) is 4.75. The Morgan fingerprint density at radius 1 is 1.20 bits per heavy atom. The standard InChI is InChI=1S/C14H15N5O/c15-11-2-1-10(9-11)14(20)18-12-3-5-13(6-4-12)19-16-7-8-17-19/h1-8,10-11H,9,15H2,(H,18,20).